The third-order valence-electron chi connectivity index (χ3n) is 2.46. The highest BCUT2D eigenvalue weighted by Crippen LogP contribution is 2.30. The molecule has 90 valence electrons. The van der Waals surface area contributed by atoms with Crippen LogP contribution in [-0.4, -0.2) is 16.5 Å². The van der Waals surface area contributed by atoms with E-state index in [0.717, 1.165) is 22.4 Å². The molecular weight excluding hydrogens is 298 g/mol. The largest absolute Gasteiger partial charge is 0.305 e. The lowest BCUT2D eigenvalue weighted by Crippen LogP contribution is -2.23. The van der Waals surface area contributed by atoms with Gasteiger partial charge >= 0.3 is 0 Å². The van der Waals surface area contributed by atoms with Crippen LogP contribution in [0.1, 0.15) is 29.9 Å². The molecule has 0 aliphatic heterocycles. The summed E-state index contributed by atoms with van der Waals surface area (Å²) in [7, 11) is 0. The third-order valence-corrected chi connectivity index (χ3v) is 4.21. The number of halogens is 1. The quantitative estimate of drug-likeness (QED) is 0.941. The van der Waals surface area contributed by atoms with E-state index in [0.29, 0.717) is 0 Å². The molecule has 0 saturated heterocycles. The fraction of sp³-hybridized carbons (Fsp3) is 0.333. The second kappa shape index (κ2) is 5.71. The highest BCUT2D eigenvalue weighted by atomic mass is 79.9. The van der Waals surface area contributed by atoms with Gasteiger partial charge in [-0.2, -0.15) is 11.3 Å². The van der Waals surface area contributed by atoms with Crippen molar-refractivity contribution in [2.75, 3.05) is 6.54 Å². The molecule has 0 amide bonds. The van der Waals surface area contributed by atoms with Crippen LogP contribution in [0, 0.1) is 6.92 Å². The molecule has 0 aromatic carbocycles. The summed E-state index contributed by atoms with van der Waals surface area (Å²) in [5, 5.41) is 7.66. The van der Waals surface area contributed by atoms with Gasteiger partial charge in [-0.1, -0.05) is 6.92 Å². The van der Waals surface area contributed by atoms with E-state index in [1.54, 1.807) is 17.5 Å². The fourth-order valence-electron chi connectivity index (χ4n) is 1.63. The topological polar surface area (TPSA) is 37.8 Å². The standard InChI is InChI=1S/C12H14BrN3S/c1-3-14-12(9-6-17-7-10(9)13)11-5-15-8(2)4-16-11/h4-7,12,14H,3H2,1-2H3. The van der Waals surface area contributed by atoms with Gasteiger partial charge in [-0.3, -0.25) is 9.97 Å². The first-order valence-corrected chi connectivity index (χ1v) is 7.19. The molecule has 3 nitrogen and oxygen atoms in total. The van der Waals surface area contributed by atoms with Gasteiger partial charge in [-0.15, -0.1) is 0 Å². The van der Waals surface area contributed by atoms with Crippen LogP contribution in [0.25, 0.3) is 0 Å². The summed E-state index contributed by atoms with van der Waals surface area (Å²) >= 11 is 5.25. The second-order valence-corrected chi connectivity index (χ2v) is 5.35. The van der Waals surface area contributed by atoms with Crippen LogP contribution in [0.5, 0.6) is 0 Å². The molecule has 0 saturated carbocycles. The summed E-state index contributed by atoms with van der Waals surface area (Å²) in [5.41, 5.74) is 3.11. The van der Waals surface area contributed by atoms with Crippen LogP contribution < -0.4 is 5.32 Å². The Morgan fingerprint density at radius 3 is 2.71 bits per heavy atom. The Balaban J connectivity index is 2.35. The molecular formula is C12H14BrN3S. The molecule has 2 heterocycles. The number of rotatable bonds is 4. The van der Waals surface area contributed by atoms with E-state index in [1.807, 2.05) is 13.1 Å². The molecule has 0 radical (unpaired) electrons. The van der Waals surface area contributed by atoms with Crippen molar-refractivity contribution in [1.29, 1.82) is 0 Å². The summed E-state index contributed by atoms with van der Waals surface area (Å²) in [5.74, 6) is 0. The molecule has 0 spiro atoms. The molecule has 5 heteroatoms. The highest BCUT2D eigenvalue weighted by Gasteiger charge is 2.17. The average Bonchev–Trinajstić information content (AvgIpc) is 2.74. The molecule has 2 aromatic heterocycles. The van der Waals surface area contributed by atoms with Gasteiger partial charge in [0.25, 0.3) is 0 Å². The third kappa shape index (κ3) is 2.91. The zero-order valence-electron chi connectivity index (χ0n) is 9.77. The molecule has 1 unspecified atom stereocenters. The lowest BCUT2D eigenvalue weighted by atomic mass is 10.1. The van der Waals surface area contributed by atoms with Crippen molar-refractivity contribution in [2.45, 2.75) is 19.9 Å². The number of aryl methyl sites for hydroxylation is 1. The minimum atomic E-state index is 0.105. The maximum absolute atomic E-state index is 4.45. The number of thiophene rings is 1. The van der Waals surface area contributed by atoms with Gasteiger partial charge < -0.3 is 5.32 Å². The molecule has 2 rings (SSSR count). The second-order valence-electron chi connectivity index (χ2n) is 3.75. The van der Waals surface area contributed by atoms with E-state index < -0.39 is 0 Å². The van der Waals surface area contributed by atoms with Crippen molar-refractivity contribution in [3.05, 3.63) is 44.6 Å². The Kier molecular flexibility index (Phi) is 4.25. The number of nitrogens with one attached hydrogen (secondary N) is 1. The van der Waals surface area contributed by atoms with Crippen molar-refractivity contribution in [3.63, 3.8) is 0 Å². The molecule has 2 aromatic rings. The Hall–Kier alpha value is -0.780. The minimum Gasteiger partial charge on any atom is -0.305 e. The van der Waals surface area contributed by atoms with Crippen LogP contribution in [0.15, 0.2) is 27.6 Å². The predicted octanol–water partition coefficient (Wildman–Crippen LogP) is 3.31. The number of hydrogen-bond acceptors (Lipinski definition) is 4. The van der Waals surface area contributed by atoms with Gasteiger partial charge in [-0.25, -0.2) is 0 Å². The zero-order valence-corrected chi connectivity index (χ0v) is 12.2. The van der Waals surface area contributed by atoms with Crippen molar-refractivity contribution < 1.29 is 0 Å². The summed E-state index contributed by atoms with van der Waals surface area (Å²) in [6, 6.07) is 0.105. The monoisotopic (exact) mass is 311 g/mol. The van der Waals surface area contributed by atoms with Gasteiger partial charge in [0.2, 0.25) is 0 Å². The van der Waals surface area contributed by atoms with Gasteiger partial charge in [-0.05, 0) is 34.8 Å². The van der Waals surface area contributed by atoms with E-state index in [-0.39, 0.29) is 6.04 Å². The highest BCUT2D eigenvalue weighted by molar-refractivity contribution is 9.10. The van der Waals surface area contributed by atoms with Gasteiger partial charge in [0.15, 0.2) is 0 Å². The van der Waals surface area contributed by atoms with E-state index >= 15 is 0 Å². The first-order chi connectivity index (χ1) is 8.22. The molecule has 0 bridgehead atoms. The van der Waals surface area contributed by atoms with Crippen LogP contribution in [0.4, 0.5) is 0 Å². The first kappa shape index (κ1) is 12.7. The van der Waals surface area contributed by atoms with Crippen LogP contribution in [0.3, 0.4) is 0 Å². The summed E-state index contributed by atoms with van der Waals surface area (Å²) in [4.78, 5) is 8.76. The fourth-order valence-corrected chi connectivity index (χ4v) is 3.18. The smallest absolute Gasteiger partial charge is 0.0802 e. The van der Waals surface area contributed by atoms with E-state index in [4.69, 9.17) is 0 Å². The molecule has 0 aliphatic carbocycles. The van der Waals surface area contributed by atoms with Gasteiger partial charge in [0.1, 0.15) is 0 Å². The van der Waals surface area contributed by atoms with E-state index in [1.165, 1.54) is 5.56 Å². The summed E-state index contributed by atoms with van der Waals surface area (Å²) in [6.07, 6.45) is 3.65. The van der Waals surface area contributed by atoms with Crippen LogP contribution in [0.2, 0.25) is 0 Å². The molecule has 1 N–H and O–H groups in total. The number of hydrogen-bond donors (Lipinski definition) is 1. The molecule has 0 fully saturated rings. The number of aromatic nitrogens is 2. The Morgan fingerprint density at radius 2 is 2.18 bits per heavy atom. The van der Waals surface area contributed by atoms with E-state index in [2.05, 4.69) is 48.9 Å². The van der Waals surface area contributed by atoms with Crippen LogP contribution in [-0.2, 0) is 0 Å². The normalized spacial score (nSPS) is 12.6. The summed E-state index contributed by atoms with van der Waals surface area (Å²) < 4.78 is 1.12. The zero-order chi connectivity index (χ0) is 12.3. The summed E-state index contributed by atoms with van der Waals surface area (Å²) in [6.45, 7) is 4.93. The predicted molar refractivity (Wildman–Crippen MR) is 74.3 cm³/mol. The molecule has 0 aliphatic rings. The Morgan fingerprint density at radius 1 is 1.35 bits per heavy atom. The number of nitrogens with zero attached hydrogens (tertiary/aromatic N) is 2. The lowest BCUT2D eigenvalue weighted by Gasteiger charge is -2.16. The molecule has 1 atom stereocenters. The minimum absolute atomic E-state index is 0.105. The maximum Gasteiger partial charge on any atom is 0.0802 e. The Labute approximate surface area is 113 Å². The van der Waals surface area contributed by atoms with Crippen LogP contribution >= 0.6 is 27.3 Å². The van der Waals surface area contributed by atoms with Gasteiger partial charge in [0.05, 0.1) is 23.6 Å². The first-order valence-electron chi connectivity index (χ1n) is 5.46. The molecule has 17 heavy (non-hydrogen) atoms. The average molecular weight is 312 g/mol. The lowest BCUT2D eigenvalue weighted by molar-refractivity contribution is 0.612. The Bertz CT molecular complexity index is 481. The maximum atomic E-state index is 4.45. The van der Waals surface area contributed by atoms with Crippen molar-refractivity contribution >= 4 is 27.3 Å². The SMILES string of the molecule is CCNC(c1cnc(C)cn1)c1cscc1Br. The van der Waals surface area contributed by atoms with Gasteiger partial charge in [0, 0.05) is 21.6 Å². The van der Waals surface area contributed by atoms with Crippen molar-refractivity contribution in [1.82, 2.24) is 15.3 Å². The van der Waals surface area contributed by atoms with Crippen molar-refractivity contribution in [2.24, 2.45) is 0 Å². The van der Waals surface area contributed by atoms with Crippen molar-refractivity contribution in [3.8, 4) is 0 Å². The van der Waals surface area contributed by atoms with E-state index in [9.17, 15) is 0 Å².